The van der Waals surface area contributed by atoms with Crippen LogP contribution < -0.4 is 15.6 Å². The maximum absolute atomic E-state index is 13.0. The zero-order valence-electron chi connectivity index (χ0n) is 17.7. The van der Waals surface area contributed by atoms with Crippen molar-refractivity contribution in [3.63, 3.8) is 0 Å². The van der Waals surface area contributed by atoms with Crippen molar-refractivity contribution < 1.29 is 9.79 Å². The summed E-state index contributed by atoms with van der Waals surface area (Å²) in [5, 5.41) is 7.39. The number of amides is 1. The number of benzene rings is 2. The predicted molar refractivity (Wildman–Crippen MR) is 129 cm³/mol. The molecule has 2 aliphatic heterocycles. The number of hydrogen-bond acceptors (Lipinski definition) is 3. The fraction of sp³-hybridized carbons (Fsp3) is 0.348. The van der Waals surface area contributed by atoms with Crippen LogP contribution in [0.3, 0.4) is 0 Å². The highest BCUT2D eigenvalue weighted by Gasteiger charge is 2.33. The number of nitrogens with one attached hydrogen (secondary N) is 3. The number of likely N-dealkylation sites (tertiary alicyclic amines) is 1. The second-order valence-corrected chi connectivity index (χ2v) is 8.92. The first-order valence-corrected chi connectivity index (χ1v) is 11.2. The van der Waals surface area contributed by atoms with Crippen molar-refractivity contribution >= 4 is 46.2 Å². The van der Waals surface area contributed by atoms with Gasteiger partial charge in [0.15, 0.2) is 5.11 Å². The molecule has 8 heteroatoms. The number of carbonyl (C=O) groups is 1. The van der Waals surface area contributed by atoms with E-state index >= 15 is 0 Å². The zero-order chi connectivity index (χ0) is 22.0. The molecule has 1 atom stereocenters. The zero-order valence-corrected chi connectivity index (χ0v) is 19.3. The van der Waals surface area contributed by atoms with Gasteiger partial charge in [0.1, 0.15) is 0 Å². The van der Waals surface area contributed by atoms with Gasteiger partial charge >= 0.3 is 12.1 Å². The molecular formula is C23H27ClN5OS+. The first kappa shape index (κ1) is 21.7. The molecule has 0 aliphatic carbocycles. The van der Waals surface area contributed by atoms with Crippen LogP contribution in [0.15, 0.2) is 48.5 Å². The molecule has 6 nitrogen and oxygen atoms in total. The van der Waals surface area contributed by atoms with Gasteiger partial charge in [0.25, 0.3) is 0 Å². The van der Waals surface area contributed by atoms with E-state index in [1.54, 1.807) is 6.07 Å². The average Bonchev–Trinajstić information content (AvgIpc) is 2.91. The molecule has 2 aliphatic rings. The summed E-state index contributed by atoms with van der Waals surface area (Å²) < 4.78 is 0. The number of anilines is 1. The number of fused-ring (bicyclic) bond motifs is 1. The Morgan fingerprint density at radius 1 is 1.23 bits per heavy atom. The molecule has 2 heterocycles. The Morgan fingerprint density at radius 3 is 2.65 bits per heavy atom. The highest BCUT2D eigenvalue weighted by Crippen LogP contribution is 2.24. The Hall–Kier alpha value is -2.48. The summed E-state index contributed by atoms with van der Waals surface area (Å²) in [6.07, 6.45) is 1.37. The van der Waals surface area contributed by atoms with E-state index < -0.39 is 6.17 Å². The third kappa shape index (κ3) is 4.89. The summed E-state index contributed by atoms with van der Waals surface area (Å²) in [6.45, 7) is 2.09. The summed E-state index contributed by atoms with van der Waals surface area (Å²) in [7, 11) is 4.13. The van der Waals surface area contributed by atoms with Crippen molar-refractivity contribution in [2.45, 2.75) is 25.0 Å². The van der Waals surface area contributed by atoms with Gasteiger partial charge in [-0.3, -0.25) is 10.1 Å². The number of carbonyl (C=O) groups excluding carboxylic acids is 1. The second kappa shape index (κ2) is 9.34. The van der Waals surface area contributed by atoms with Crippen molar-refractivity contribution in [3.05, 3.63) is 64.7 Å². The SMILES string of the molecule is CN1CCC(N(C)C(=S)NC2[NH+]=C(c3ccccc3)c3cc(Cl)ccc3NC2=O)CC1. The van der Waals surface area contributed by atoms with Crippen LogP contribution in [0.5, 0.6) is 0 Å². The summed E-state index contributed by atoms with van der Waals surface area (Å²) >= 11 is 12.0. The van der Waals surface area contributed by atoms with Gasteiger partial charge in [0, 0.05) is 23.7 Å². The minimum Gasteiger partial charge on any atom is -0.349 e. The average molecular weight is 457 g/mol. The first-order chi connectivity index (χ1) is 14.9. The lowest BCUT2D eigenvalue weighted by Crippen LogP contribution is -2.87. The second-order valence-electron chi connectivity index (χ2n) is 8.09. The van der Waals surface area contributed by atoms with E-state index in [1.165, 1.54) is 0 Å². The van der Waals surface area contributed by atoms with E-state index in [4.69, 9.17) is 23.8 Å². The minimum absolute atomic E-state index is 0.200. The standard InChI is InChI=1S/C23H26ClN5OS/c1-28-12-10-17(11-13-28)29(2)23(31)27-21-22(30)25-19-9-8-16(24)14-18(19)20(26-21)15-6-4-3-5-7-15/h3-9,14,17,21H,10-13H2,1-2H3,(H,25,30)(H,27,31)/p+1. The topological polar surface area (TPSA) is 61.6 Å². The number of hydrogen-bond donors (Lipinski definition) is 3. The number of rotatable bonds is 3. The predicted octanol–water partition coefficient (Wildman–Crippen LogP) is 1.44. The Kier molecular flexibility index (Phi) is 6.55. The van der Waals surface area contributed by atoms with Gasteiger partial charge in [-0.1, -0.05) is 29.8 Å². The molecule has 1 saturated heterocycles. The third-order valence-corrected chi connectivity index (χ3v) is 6.59. The summed E-state index contributed by atoms with van der Waals surface area (Å²) in [6, 6.07) is 15.7. The van der Waals surface area contributed by atoms with Crippen LogP contribution in [0.25, 0.3) is 0 Å². The van der Waals surface area contributed by atoms with Crippen molar-refractivity contribution in [2.24, 2.45) is 0 Å². The smallest absolute Gasteiger partial charge is 0.315 e. The van der Waals surface area contributed by atoms with Gasteiger partial charge in [-0.25, -0.2) is 4.99 Å². The molecule has 3 N–H and O–H groups in total. The lowest BCUT2D eigenvalue weighted by Gasteiger charge is -2.36. The maximum atomic E-state index is 13.0. The third-order valence-electron chi connectivity index (χ3n) is 5.95. The van der Waals surface area contributed by atoms with Gasteiger partial charge in [-0.05, 0) is 75.5 Å². The molecule has 2 aromatic carbocycles. The van der Waals surface area contributed by atoms with Gasteiger partial charge in [-0.2, -0.15) is 0 Å². The molecule has 4 rings (SSSR count). The molecule has 0 spiro atoms. The van der Waals surface area contributed by atoms with Crippen LogP contribution in [-0.4, -0.2) is 65.9 Å². The van der Waals surface area contributed by atoms with Gasteiger partial charge in [-0.15, -0.1) is 0 Å². The molecule has 0 saturated carbocycles. The monoisotopic (exact) mass is 456 g/mol. The molecule has 162 valence electrons. The van der Waals surface area contributed by atoms with Crippen LogP contribution in [-0.2, 0) is 4.79 Å². The Morgan fingerprint density at radius 2 is 1.94 bits per heavy atom. The lowest BCUT2D eigenvalue weighted by atomic mass is 10.0. The van der Waals surface area contributed by atoms with Crippen molar-refractivity contribution in [2.75, 3.05) is 32.5 Å². The van der Waals surface area contributed by atoms with Gasteiger partial charge in [0.2, 0.25) is 5.71 Å². The highest BCUT2D eigenvalue weighted by atomic mass is 35.5. The number of halogens is 1. The van der Waals surface area contributed by atoms with E-state index in [-0.39, 0.29) is 5.91 Å². The van der Waals surface area contributed by atoms with Crippen LogP contribution in [0.2, 0.25) is 5.02 Å². The van der Waals surface area contributed by atoms with E-state index in [2.05, 4.69) is 32.5 Å². The Labute approximate surface area is 193 Å². The van der Waals surface area contributed by atoms with Crippen LogP contribution in [0.4, 0.5) is 5.69 Å². The molecule has 1 amide bonds. The minimum atomic E-state index is -0.720. The largest absolute Gasteiger partial charge is 0.349 e. The van der Waals surface area contributed by atoms with Crippen molar-refractivity contribution in [1.82, 2.24) is 15.1 Å². The lowest BCUT2D eigenvalue weighted by molar-refractivity contribution is -0.489. The quantitative estimate of drug-likeness (QED) is 0.610. The van der Waals surface area contributed by atoms with Crippen LogP contribution in [0, 0.1) is 0 Å². The van der Waals surface area contributed by atoms with Crippen molar-refractivity contribution in [3.8, 4) is 0 Å². The van der Waals surface area contributed by atoms with E-state index in [1.807, 2.05) is 49.5 Å². The van der Waals surface area contributed by atoms with E-state index in [9.17, 15) is 4.79 Å². The fourth-order valence-electron chi connectivity index (χ4n) is 4.04. The Bertz CT molecular complexity index is 1000. The number of thiocarbonyl (C=S) groups is 1. The summed E-state index contributed by atoms with van der Waals surface area (Å²) in [5.41, 5.74) is 3.33. The summed E-state index contributed by atoms with van der Waals surface area (Å²) in [4.78, 5) is 20.8. The molecule has 0 bridgehead atoms. The van der Waals surface area contributed by atoms with Gasteiger partial charge in [0.05, 0.1) is 11.3 Å². The van der Waals surface area contributed by atoms with Crippen molar-refractivity contribution in [1.29, 1.82) is 0 Å². The van der Waals surface area contributed by atoms with Gasteiger partial charge < -0.3 is 15.1 Å². The van der Waals surface area contributed by atoms with Crippen LogP contribution in [0.1, 0.15) is 24.0 Å². The summed E-state index contributed by atoms with van der Waals surface area (Å²) in [5.74, 6) is -0.200. The van der Waals surface area contributed by atoms with E-state index in [0.29, 0.717) is 21.9 Å². The normalized spacial score (nSPS) is 19.6. The van der Waals surface area contributed by atoms with Crippen LogP contribution >= 0.6 is 23.8 Å². The van der Waals surface area contributed by atoms with E-state index in [0.717, 1.165) is 42.8 Å². The number of benzodiazepines with no additional fused rings is 1. The molecule has 2 aromatic rings. The molecule has 0 radical (unpaired) electrons. The molecular weight excluding hydrogens is 430 g/mol. The number of piperidine rings is 1. The fourth-order valence-corrected chi connectivity index (χ4v) is 4.48. The first-order valence-electron chi connectivity index (χ1n) is 10.4. The molecule has 31 heavy (non-hydrogen) atoms. The molecule has 1 fully saturated rings. The highest BCUT2D eigenvalue weighted by molar-refractivity contribution is 7.80. The molecule has 0 aromatic heterocycles. The number of nitrogens with zero attached hydrogens (tertiary/aromatic N) is 2. The molecule has 1 unspecified atom stereocenters. The maximum Gasteiger partial charge on any atom is 0.315 e. The Balaban J connectivity index is 1.62.